The lowest BCUT2D eigenvalue weighted by Crippen LogP contribution is -2.18. The highest BCUT2D eigenvalue weighted by Crippen LogP contribution is 2.26. The predicted octanol–water partition coefficient (Wildman–Crippen LogP) is 3.51. The van der Waals surface area contributed by atoms with E-state index in [2.05, 4.69) is 0 Å². The second-order valence-electron chi connectivity index (χ2n) is 5.00. The van der Waals surface area contributed by atoms with Crippen molar-refractivity contribution < 1.29 is 19.1 Å². The summed E-state index contributed by atoms with van der Waals surface area (Å²) >= 11 is 5.93. The van der Waals surface area contributed by atoms with Crippen LogP contribution in [0.3, 0.4) is 0 Å². The summed E-state index contributed by atoms with van der Waals surface area (Å²) in [6.45, 7) is -0.0243. The average Bonchev–Trinajstić information content (AvgIpc) is 2.94. The summed E-state index contributed by atoms with van der Waals surface area (Å²) in [6, 6.07) is 15.6. The van der Waals surface area contributed by atoms with Crippen molar-refractivity contribution in [3.63, 3.8) is 0 Å². The fourth-order valence-corrected chi connectivity index (χ4v) is 2.45. The first-order chi connectivity index (χ1) is 11.1. The predicted molar refractivity (Wildman–Crippen MR) is 86.0 cm³/mol. The van der Waals surface area contributed by atoms with Crippen LogP contribution in [0, 0.1) is 0 Å². The Kier molecular flexibility index (Phi) is 4.44. The number of esters is 2. The first-order valence-electron chi connectivity index (χ1n) is 7.04. The van der Waals surface area contributed by atoms with Gasteiger partial charge in [-0.2, -0.15) is 0 Å². The van der Waals surface area contributed by atoms with Crippen LogP contribution < -0.4 is 0 Å². The van der Waals surface area contributed by atoms with Gasteiger partial charge in [-0.05, 0) is 35.9 Å². The minimum atomic E-state index is -0.593. The van der Waals surface area contributed by atoms with Crippen LogP contribution in [0.25, 0.3) is 5.57 Å². The van der Waals surface area contributed by atoms with E-state index in [-0.39, 0.29) is 6.61 Å². The van der Waals surface area contributed by atoms with E-state index in [9.17, 15) is 9.59 Å². The van der Waals surface area contributed by atoms with Crippen molar-refractivity contribution in [1.29, 1.82) is 0 Å². The second kappa shape index (κ2) is 6.67. The normalized spacial score (nSPS) is 16.7. The summed E-state index contributed by atoms with van der Waals surface area (Å²) in [5, 5.41) is 0.537. The molecule has 0 bridgehead atoms. The molecule has 0 saturated carbocycles. The molecule has 0 spiro atoms. The third kappa shape index (κ3) is 3.60. The van der Waals surface area contributed by atoms with E-state index in [0.717, 1.165) is 0 Å². The van der Waals surface area contributed by atoms with E-state index in [1.165, 1.54) is 0 Å². The van der Waals surface area contributed by atoms with Gasteiger partial charge in [0.25, 0.3) is 0 Å². The van der Waals surface area contributed by atoms with Gasteiger partial charge in [-0.3, -0.25) is 0 Å². The lowest BCUT2D eigenvalue weighted by atomic mass is 10.1. The SMILES string of the molecule is O=C1OC(COC(=O)c2ccccc2)C=C1c1cccc(Cl)c1. The highest BCUT2D eigenvalue weighted by Gasteiger charge is 2.27. The van der Waals surface area contributed by atoms with Crippen molar-refractivity contribution in [3.05, 3.63) is 76.8 Å². The Hall–Kier alpha value is -2.59. The van der Waals surface area contributed by atoms with Gasteiger partial charge in [0.1, 0.15) is 6.61 Å². The Morgan fingerprint density at radius 1 is 1.13 bits per heavy atom. The molecule has 116 valence electrons. The van der Waals surface area contributed by atoms with Crippen LogP contribution in [0.2, 0.25) is 5.02 Å². The molecule has 1 aliphatic rings. The second-order valence-corrected chi connectivity index (χ2v) is 5.44. The molecule has 2 aromatic rings. The molecule has 23 heavy (non-hydrogen) atoms. The van der Waals surface area contributed by atoms with Gasteiger partial charge >= 0.3 is 11.9 Å². The maximum atomic E-state index is 11.9. The molecule has 1 heterocycles. The van der Waals surface area contributed by atoms with Gasteiger partial charge in [-0.25, -0.2) is 9.59 Å². The van der Waals surface area contributed by atoms with E-state index in [4.69, 9.17) is 21.1 Å². The lowest BCUT2D eigenvalue weighted by Gasteiger charge is -2.09. The zero-order valence-corrected chi connectivity index (χ0v) is 12.8. The standard InChI is InChI=1S/C18H13ClO4/c19-14-8-4-7-13(9-14)16-10-15(23-18(16)21)11-22-17(20)12-5-2-1-3-6-12/h1-10,15H,11H2. The largest absolute Gasteiger partial charge is 0.458 e. The topological polar surface area (TPSA) is 52.6 Å². The number of carbonyl (C=O) groups excluding carboxylic acids is 2. The fraction of sp³-hybridized carbons (Fsp3) is 0.111. The number of hydrogen-bond acceptors (Lipinski definition) is 4. The van der Waals surface area contributed by atoms with Gasteiger partial charge in [-0.15, -0.1) is 0 Å². The Morgan fingerprint density at radius 3 is 2.65 bits per heavy atom. The molecular weight excluding hydrogens is 316 g/mol. The molecule has 0 saturated heterocycles. The molecule has 1 atom stereocenters. The molecule has 1 aliphatic heterocycles. The van der Waals surface area contributed by atoms with Crippen molar-refractivity contribution in [2.75, 3.05) is 6.61 Å². The van der Waals surface area contributed by atoms with Crippen molar-refractivity contribution >= 4 is 29.1 Å². The van der Waals surface area contributed by atoms with Crippen molar-refractivity contribution in [2.45, 2.75) is 6.10 Å². The van der Waals surface area contributed by atoms with Crippen LogP contribution in [0.5, 0.6) is 0 Å². The average molecular weight is 329 g/mol. The van der Waals surface area contributed by atoms with Gasteiger partial charge in [0.15, 0.2) is 6.10 Å². The summed E-state index contributed by atoms with van der Waals surface area (Å²) in [5.41, 5.74) is 1.56. The maximum absolute atomic E-state index is 11.9. The monoisotopic (exact) mass is 328 g/mol. The van der Waals surface area contributed by atoms with Crippen LogP contribution in [0.1, 0.15) is 15.9 Å². The molecule has 0 aromatic heterocycles. The molecule has 0 fully saturated rings. The highest BCUT2D eigenvalue weighted by atomic mass is 35.5. The zero-order valence-electron chi connectivity index (χ0n) is 12.1. The molecule has 4 nitrogen and oxygen atoms in total. The third-order valence-corrected chi connectivity index (χ3v) is 3.59. The minimum absolute atomic E-state index is 0.0243. The summed E-state index contributed by atoms with van der Waals surface area (Å²) < 4.78 is 10.4. The minimum Gasteiger partial charge on any atom is -0.458 e. The van der Waals surface area contributed by atoms with Crippen LogP contribution in [0.4, 0.5) is 0 Å². The van der Waals surface area contributed by atoms with Gasteiger partial charge in [0.2, 0.25) is 0 Å². The Balaban J connectivity index is 1.66. The summed E-state index contributed by atoms with van der Waals surface area (Å²) in [4.78, 5) is 23.8. The van der Waals surface area contributed by atoms with Crippen LogP contribution in [-0.4, -0.2) is 24.6 Å². The smallest absolute Gasteiger partial charge is 0.339 e. The third-order valence-electron chi connectivity index (χ3n) is 3.35. The molecular formula is C18H13ClO4. The maximum Gasteiger partial charge on any atom is 0.339 e. The quantitative estimate of drug-likeness (QED) is 0.806. The van der Waals surface area contributed by atoms with Crippen LogP contribution in [0.15, 0.2) is 60.7 Å². The first kappa shape index (κ1) is 15.3. The Morgan fingerprint density at radius 2 is 1.91 bits per heavy atom. The summed E-state index contributed by atoms with van der Waals surface area (Å²) in [7, 11) is 0. The molecule has 1 unspecified atom stereocenters. The molecule has 0 radical (unpaired) electrons. The van der Waals surface area contributed by atoms with Crippen LogP contribution in [-0.2, 0) is 14.3 Å². The summed E-state index contributed by atoms with van der Waals surface area (Å²) in [6.07, 6.45) is 1.05. The molecule has 0 N–H and O–H groups in total. The van der Waals surface area contributed by atoms with E-state index in [1.54, 1.807) is 54.6 Å². The molecule has 0 amide bonds. The number of hydrogen-bond donors (Lipinski definition) is 0. The summed E-state index contributed by atoms with van der Waals surface area (Å²) in [5.74, 6) is -0.903. The molecule has 0 aliphatic carbocycles. The first-order valence-corrected chi connectivity index (χ1v) is 7.42. The van der Waals surface area contributed by atoms with Crippen molar-refractivity contribution in [1.82, 2.24) is 0 Å². The number of halogens is 1. The van der Waals surface area contributed by atoms with Gasteiger partial charge in [0.05, 0.1) is 11.1 Å². The highest BCUT2D eigenvalue weighted by molar-refractivity contribution is 6.31. The zero-order chi connectivity index (χ0) is 16.2. The van der Waals surface area contributed by atoms with Gasteiger partial charge < -0.3 is 9.47 Å². The Bertz CT molecular complexity index is 768. The van der Waals surface area contributed by atoms with Crippen LogP contribution >= 0.6 is 11.6 Å². The molecule has 5 heteroatoms. The van der Waals surface area contributed by atoms with E-state index in [1.807, 2.05) is 6.07 Å². The number of benzene rings is 2. The number of carbonyl (C=O) groups is 2. The van der Waals surface area contributed by atoms with E-state index < -0.39 is 18.0 Å². The lowest BCUT2D eigenvalue weighted by molar-refractivity contribution is -0.139. The Labute approximate surface area is 138 Å². The number of rotatable bonds is 4. The van der Waals surface area contributed by atoms with E-state index in [0.29, 0.717) is 21.7 Å². The molecule has 3 rings (SSSR count). The van der Waals surface area contributed by atoms with Gasteiger partial charge in [0, 0.05) is 5.02 Å². The number of ether oxygens (including phenoxy) is 2. The molecule has 2 aromatic carbocycles. The fourth-order valence-electron chi connectivity index (χ4n) is 2.26. The number of cyclic esters (lactones) is 1. The van der Waals surface area contributed by atoms with Gasteiger partial charge in [-0.1, -0.05) is 41.9 Å². The van der Waals surface area contributed by atoms with Crippen molar-refractivity contribution in [3.8, 4) is 0 Å². The van der Waals surface area contributed by atoms with Crippen molar-refractivity contribution in [2.24, 2.45) is 0 Å². The van der Waals surface area contributed by atoms with E-state index >= 15 is 0 Å².